The Balaban J connectivity index is 0.00000176. The van der Waals surface area contributed by atoms with Crippen molar-refractivity contribution in [1.29, 1.82) is 0 Å². The number of hydrogen-bond acceptors (Lipinski definition) is 2. The van der Waals surface area contributed by atoms with Crippen LogP contribution in [0.4, 0.5) is 4.39 Å². The lowest BCUT2D eigenvalue weighted by Gasteiger charge is -2.45. The second-order valence-corrected chi connectivity index (χ2v) is 6.78. The number of hydrogen-bond donors (Lipinski definition) is 2. The molecule has 0 radical (unpaired) electrons. The van der Waals surface area contributed by atoms with Crippen LogP contribution in [-0.4, -0.2) is 18.0 Å². The van der Waals surface area contributed by atoms with Crippen LogP contribution in [0.25, 0.3) is 0 Å². The van der Waals surface area contributed by atoms with Gasteiger partial charge in [-0.2, -0.15) is 0 Å². The Morgan fingerprint density at radius 1 is 1.23 bits per heavy atom. The molecule has 1 aromatic rings. The normalized spacial score (nSPS) is 30.3. The number of amides is 1. The lowest BCUT2D eigenvalue weighted by molar-refractivity contribution is 0.0755. The molecule has 22 heavy (non-hydrogen) atoms. The average Bonchev–Trinajstić information content (AvgIpc) is 2.38. The lowest BCUT2D eigenvalue weighted by Crippen LogP contribution is -2.53. The van der Waals surface area contributed by atoms with E-state index in [0.717, 1.165) is 25.7 Å². The van der Waals surface area contributed by atoms with Crippen LogP contribution < -0.4 is 11.1 Å². The molecule has 0 aromatic heterocycles. The summed E-state index contributed by atoms with van der Waals surface area (Å²) < 4.78 is 13.4. The second kappa shape index (κ2) is 7.16. The van der Waals surface area contributed by atoms with E-state index in [1.165, 1.54) is 24.6 Å². The average molecular weight is 347 g/mol. The maximum atomic E-state index is 13.4. The highest BCUT2D eigenvalue weighted by Gasteiger charge is 2.39. The minimum Gasteiger partial charge on any atom is -0.349 e. The zero-order valence-corrected chi connectivity index (χ0v) is 13.8. The van der Waals surface area contributed by atoms with Gasteiger partial charge in [0.05, 0.1) is 0 Å². The van der Waals surface area contributed by atoms with Gasteiger partial charge < -0.3 is 11.1 Å². The highest BCUT2D eigenvalue weighted by atomic mass is 35.5. The minimum absolute atomic E-state index is 0. The van der Waals surface area contributed by atoms with Crippen LogP contribution >= 0.6 is 24.0 Å². The van der Waals surface area contributed by atoms with Gasteiger partial charge in [-0.25, -0.2) is 4.39 Å². The Morgan fingerprint density at radius 3 is 2.45 bits per heavy atom. The molecule has 0 aliphatic heterocycles. The Labute approximate surface area is 141 Å². The Hall–Kier alpha value is -0.840. The third-order valence-corrected chi connectivity index (χ3v) is 5.02. The predicted octanol–water partition coefficient (Wildman–Crippen LogP) is 3.54. The largest absolute Gasteiger partial charge is 0.349 e. The second-order valence-electron chi connectivity index (χ2n) is 6.34. The fourth-order valence-corrected chi connectivity index (χ4v) is 4.17. The van der Waals surface area contributed by atoms with Gasteiger partial charge in [-0.05, 0) is 55.7 Å². The molecular weight excluding hydrogens is 326 g/mol. The molecule has 2 aliphatic carbocycles. The van der Waals surface area contributed by atoms with E-state index in [4.69, 9.17) is 17.3 Å². The van der Waals surface area contributed by atoms with Crippen LogP contribution in [0.3, 0.4) is 0 Å². The fraction of sp³-hybridized carbons (Fsp3) is 0.562. The van der Waals surface area contributed by atoms with E-state index >= 15 is 0 Å². The van der Waals surface area contributed by atoms with E-state index in [0.29, 0.717) is 11.8 Å². The molecule has 2 fully saturated rings. The van der Waals surface area contributed by atoms with Crippen molar-refractivity contribution in [3.63, 3.8) is 0 Å². The van der Waals surface area contributed by atoms with Crippen molar-refractivity contribution in [3.8, 4) is 0 Å². The van der Waals surface area contributed by atoms with Gasteiger partial charge in [0.2, 0.25) is 0 Å². The van der Waals surface area contributed by atoms with Crippen LogP contribution in [-0.2, 0) is 0 Å². The van der Waals surface area contributed by atoms with Crippen molar-refractivity contribution in [1.82, 2.24) is 5.32 Å². The summed E-state index contributed by atoms with van der Waals surface area (Å²) in [6.07, 6.45) is 5.36. The first kappa shape index (κ1) is 17.5. The smallest absolute Gasteiger partial charge is 0.251 e. The third kappa shape index (κ3) is 3.73. The summed E-state index contributed by atoms with van der Waals surface area (Å²) >= 11 is 5.82. The van der Waals surface area contributed by atoms with Crippen molar-refractivity contribution >= 4 is 29.9 Å². The maximum absolute atomic E-state index is 13.4. The molecule has 122 valence electrons. The summed E-state index contributed by atoms with van der Waals surface area (Å²) in [5, 5.41) is 3.33. The van der Waals surface area contributed by atoms with E-state index in [2.05, 4.69) is 5.32 Å². The van der Waals surface area contributed by atoms with Crippen LogP contribution in [0.2, 0.25) is 5.02 Å². The van der Waals surface area contributed by atoms with Gasteiger partial charge in [0.25, 0.3) is 5.91 Å². The number of nitrogens with two attached hydrogens (primary N) is 1. The van der Waals surface area contributed by atoms with Crippen LogP contribution in [0.1, 0.15) is 42.5 Å². The first-order chi connectivity index (χ1) is 10.0. The SMILES string of the molecule is Cl.NC1CC2CCCC(C1)C2NC(=O)c1cc(F)cc(Cl)c1. The van der Waals surface area contributed by atoms with E-state index in [1.54, 1.807) is 0 Å². The van der Waals surface area contributed by atoms with E-state index in [1.807, 2.05) is 0 Å². The van der Waals surface area contributed by atoms with Gasteiger partial charge in [0, 0.05) is 22.7 Å². The minimum atomic E-state index is -0.487. The molecule has 3 N–H and O–H groups in total. The first-order valence-electron chi connectivity index (χ1n) is 7.55. The van der Waals surface area contributed by atoms with Crippen LogP contribution in [0.15, 0.2) is 18.2 Å². The van der Waals surface area contributed by atoms with Gasteiger partial charge in [0.15, 0.2) is 0 Å². The number of benzene rings is 1. The molecule has 2 saturated carbocycles. The van der Waals surface area contributed by atoms with Crippen molar-refractivity contribution in [3.05, 3.63) is 34.6 Å². The molecule has 1 amide bonds. The molecular formula is C16H21Cl2FN2O. The van der Waals surface area contributed by atoms with E-state index < -0.39 is 5.82 Å². The topological polar surface area (TPSA) is 55.1 Å². The third-order valence-electron chi connectivity index (χ3n) is 4.80. The Bertz CT molecular complexity index is 521. The monoisotopic (exact) mass is 346 g/mol. The zero-order chi connectivity index (χ0) is 15.0. The first-order valence-corrected chi connectivity index (χ1v) is 7.93. The Morgan fingerprint density at radius 2 is 1.86 bits per heavy atom. The van der Waals surface area contributed by atoms with Gasteiger partial charge in [-0.1, -0.05) is 18.0 Å². The van der Waals surface area contributed by atoms with Gasteiger partial charge >= 0.3 is 0 Å². The van der Waals surface area contributed by atoms with Gasteiger partial charge in [0.1, 0.15) is 5.82 Å². The summed E-state index contributed by atoms with van der Waals surface area (Å²) in [6.45, 7) is 0. The molecule has 0 spiro atoms. The quantitative estimate of drug-likeness (QED) is 0.860. The number of carbonyl (C=O) groups is 1. The fourth-order valence-electron chi connectivity index (χ4n) is 3.94. The van der Waals surface area contributed by atoms with Crippen LogP contribution in [0.5, 0.6) is 0 Å². The molecule has 0 heterocycles. The molecule has 2 atom stereocenters. The summed E-state index contributed by atoms with van der Waals surface area (Å²) in [6, 6.07) is 4.34. The highest BCUT2D eigenvalue weighted by molar-refractivity contribution is 6.31. The van der Waals surface area contributed by atoms with Crippen molar-refractivity contribution in [2.75, 3.05) is 0 Å². The lowest BCUT2D eigenvalue weighted by atomic mass is 9.67. The number of fused-ring (bicyclic) bond motifs is 2. The Kier molecular flexibility index (Phi) is 5.70. The molecule has 1 aromatic carbocycles. The van der Waals surface area contributed by atoms with Gasteiger partial charge in [-0.3, -0.25) is 4.79 Å². The molecule has 0 saturated heterocycles. The summed E-state index contributed by atoms with van der Waals surface area (Å²) in [7, 11) is 0. The molecule has 3 rings (SSSR count). The standard InChI is InChI=1S/C16H20ClFN2O.ClH/c17-12-4-11(5-13(18)8-12)16(21)20-15-9-2-1-3-10(15)7-14(19)6-9;/h4-5,8-10,14-15H,1-3,6-7,19H2,(H,20,21);1H. The number of carbonyl (C=O) groups excluding carboxylic acids is 1. The summed E-state index contributed by atoms with van der Waals surface area (Å²) in [4.78, 5) is 12.4. The molecule has 2 bridgehead atoms. The van der Waals surface area contributed by atoms with Crippen molar-refractivity contribution in [2.24, 2.45) is 17.6 Å². The molecule has 6 heteroatoms. The maximum Gasteiger partial charge on any atom is 0.251 e. The van der Waals surface area contributed by atoms with Crippen molar-refractivity contribution < 1.29 is 9.18 Å². The zero-order valence-electron chi connectivity index (χ0n) is 12.2. The summed E-state index contributed by atoms with van der Waals surface area (Å²) in [5.74, 6) is 0.160. The number of nitrogens with one attached hydrogen (secondary N) is 1. The molecule has 2 aliphatic rings. The summed E-state index contributed by atoms with van der Waals surface area (Å²) in [5.41, 5.74) is 6.37. The van der Waals surface area contributed by atoms with E-state index in [-0.39, 0.29) is 41.0 Å². The molecule has 2 unspecified atom stereocenters. The van der Waals surface area contributed by atoms with Gasteiger partial charge in [-0.15, -0.1) is 12.4 Å². The predicted molar refractivity (Wildman–Crippen MR) is 88.0 cm³/mol. The number of rotatable bonds is 2. The van der Waals surface area contributed by atoms with Crippen molar-refractivity contribution in [2.45, 2.75) is 44.2 Å². The number of halogens is 3. The van der Waals surface area contributed by atoms with Crippen LogP contribution in [0, 0.1) is 17.7 Å². The molecule has 3 nitrogen and oxygen atoms in total. The highest BCUT2D eigenvalue weighted by Crippen LogP contribution is 2.39. The van der Waals surface area contributed by atoms with E-state index in [9.17, 15) is 9.18 Å².